The van der Waals surface area contributed by atoms with Crippen LogP contribution in [0.3, 0.4) is 0 Å². The van der Waals surface area contributed by atoms with E-state index in [4.69, 9.17) is 15.7 Å². The molecule has 7 heteroatoms. The normalized spacial score (nSPS) is 12.1. The second-order valence-electron chi connectivity index (χ2n) is 4.90. The molecule has 1 aromatic carbocycles. The van der Waals surface area contributed by atoms with E-state index in [0.29, 0.717) is 15.8 Å². The van der Waals surface area contributed by atoms with Crippen LogP contribution < -0.4 is 15.8 Å². The summed E-state index contributed by atoms with van der Waals surface area (Å²) in [7, 11) is 1.55. The summed E-state index contributed by atoms with van der Waals surface area (Å²) in [5, 5.41) is 14.4. The molecule has 0 aromatic heterocycles. The minimum Gasteiger partial charge on any atom is -0.496 e. The second-order valence-corrected chi connectivity index (χ2v) is 5.76. The van der Waals surface area contributed by atoms with Gasteiger partial charge >= 0.3 is 0 Å². The van der Waals surface area contributed by atoms with E-state index in [1.165, 1.54) is 0 Å². The minimum absolute atomic E-state index is 0.0636. The number of benzene rings is 1. The van der Waals surface area contributed by atoms with Gasteiger partial charge < -0.3 is 21.0 Å². The molecular weight excluding hydrogens is 326 g/mol. The summed E-state index contributed by atoms with van der Waals surface area (Å²) in [5.41, 5.74) is 5.42. The van der Waals surface area contributed by atoms with Crippen LogP contribution in [0, 0.1) is 5.41 Å². The molecule has 0 aliphatic heterocycles. The zero-order valence-electron chi connectivity index (χ0n) is 11.6. The van der Waals surface area contributed by atoms with Crippen molar-refractivity contribution in [1.29, 1.82) is 0 Å². The Bertz CT molecular complexity index is 530. The largest absolute Gasteiger partial charge is 0.496 e. The zero-order valence-corrected chi connectivity index (χ0v) is 13.2. The first-order valence-electron chi connectivity index (χ1n) is 5.91. The van der Waals surface area contributed by atoms with Gasteiger partial charge in [0.2, 0.25) is 0 Å². The number of rotatable bonds is 5. The lowest BCUT2D eigenvalue weighted by Gasteiger charge is -2.23. The van der Waals surface area contributed by atoms with Crippen LogP contribution in [0.25, 0.3) is 0 Å². The van der Waals surface area contributed by atoms with E-state index in [1.54, 1.807) is 39.2 Å². The van der Waals surface area contributed by atoms with Crippen molar-refractivity contribution in [2.24, 2.45) is 16.3 Å². The molecule has 1 aromatic rings. The maximum atomic E-state index is 12.0. The molecule has 20 heavy (non-hydrogen) atoms. The highest BCUT2D eigenvalue weighted by Crippen LogP contribution is 2.25. The molecule has 110 valence electrons. The lowest BCUT2D eigenvalue weighted by molar-refractivity contribution is 0.0944. The number of amidine groups is 1. The summed E-state index contributed by atoms with van der Waals surface area (Å²) < 4.78 is 5.80. The average Bonchev–Trinajstić information content (AvgIpc) is 2.43. The maximum Gasteiger partial charge on any atom is 0.251 e. The van der Waals surface area contributed by atoms with Crippen LogP contribution in [0.1, 0.15) is 24.2 Å². The first-order chi connectivity index (χ1) is 9.31. The van der Waals surface area contributed by atoms with Crippen molar-refractivity contribution in [2.45, 2.75) is 13.8 Å². The topological polar surface area (TPSA) is 96.9 Å². The molecule has 0 spiro atoms. The molecule has 6 nitrogen and oxygen atoms in total. The molecule has 0 atom stereocenters. The first kappa shape index (κ1) is 16.3. The summed E-state index contributed by atoms with van der Waals surface area (Å²) in [6.07, 6.45) is 0. The lowest BCUT2D eigenvalue weighted by Crippen LogP contribution is -2.42. The smallest absolute Gasteiger partial charge is 0.251 e. The van der Waals surface area contributed by atoms with Gasteiger partial charge in [0.1, 0.15) is 11.6 Å². The SMILES string of the molecule is COc1ccc(C(=O)NCC(C)(C)/C(N)=N/O)cc1Br. The fourth-order valence-electron chi connectivity index (χ4n) is 1.44. The van der Waals surface area contributed by atoms with E-state index in [2.05, 4.69) is 26.4 Å². The first-order valence-corrected chi connectivity index (χ1v) is 6.71. The average molecular weight is 344 g/mol. The summed E-state index contributed by atoms with van der Waals surface area (Å²) in [6.45, 7) is 3.80. The van der Waals surface area contributed by atoms with Gasteiger partial charge in [0.25, 0.3) is 5.91 Å². The van der Waals surface area contributed by atoms with Crippen molar-refractivity contribution in [3.05, 3.63) is 28.2 Å². The molecule has 0 saturated heterocycles. The fourth-order valence-corrected chi connectivity index (χ4v) is 1.98. The molecule has 0 bridgehead atoms. The molecule has 0 heterocycles. The molecule has 1 rings (SSSR count). The van der Waals surface area contributed by atoms with Gasteiger partial charge in [-0.05, 0) is 34.1 Å². The number of amides is 1. The fraction of sp³-hybridized carbons (Fsp3) is 0.385. The summed E-state index contributed by atoms with van der Waals surface area (Å²) in [6, 6.07) is 5.04. The van der Waals surface area contributed by atoms with Gasteiger partial charge in [-0.2, -0.15) is 0 Å². The second kappa shape index (κ2) is 6.60. The quantitative estimate of drug-likeness (QED) is 0.329. The van der Waals surface area contributed by atoms with Crippen molar-refractivity contribution < 1.29 is 14.7 Å². The third-order valence-electron chi connectivity index (χ3n) is 2.91. The Labute approximate surface area is 126 Å². The number of nitrogens with zero attached hydrogens (tertiary/aromatic N) is 1. The summed E-state index contributed by atoms with van der Waals surface area (Å²) >= 11 is 3.32. The predicted octanol–water partition coefficient (Wildman–Crippen LogP) is 1.96. The van der Waals surface area contributed by atoms with E-state index in [0.717, 1.165) is 0 Å². The number of nitrogens with two attached hydrogens (primary N) is 1. The highest BCUT2D eigenvalue weighted by Gasteiger charge is 2.24. The standard InChI is InChI=1S/C13H18BrN3O3/c1-13(2,12(15)17-19)7-16-11(18)8-4-5-10(20-3)9(14)6-8/h4-6,19H,7H2,1-3H3,(H2,15,17)(H,16,18). The Morgan fingerprint density at radius 3 is 2.70 bits per heavy atom. The monoisotopic (exact) mass is 343 g/mol. The van der Waals surface area contributed by atoms with Crippen molar-refractivity contribution in [3.63, 3.8) is 0 Å². The number of halogens is 1. The summed E-state index contributed by atoms with van der Waals surface area (Å²) in [5.74, 6) is 0.472. The highest BCUT2D eigenvalue weighted by atomic mass is 79.9. The number of methoxy groups -OCH3 is 1. The zero-order chi connectivity index (χ0) is 15.3. The molecule has 0 saturated carbocycles. The van der Waals surface area contributed by atoms with Gasteiger partial charge in [-0.1, -0.05) is 19.0 Å². The van der Waals surface area contributed by atoms with Crippen LogP contribution in [-0.4, -0.2) is 30.6 Å². The van der Waals surface area contributed by atoms with Crippen LogP contribution in [0.4, 0.5) is 0 Å². The highest BCUT2D eigenvalue weighted by molar-refractivity contribution is 9.10. The van der Waals surface area contributed by atoms with Gasteiger partial charge in [0.15, 0.2) is 0 Å². The Kier molecular flexibility index (Phi) is 5.38. The van der Waals surface area contributed by atoms with E-state index in [1.807, 2.05) is 0 Å². The van der Waals surface area contributed by atoms with E-state index >= 15 is 0 Å². The number of oxime groups is 1. The van der Waals surface area contributed by atoms with Gasteiger partial charge in [-0.15, -0.1) is 0 Å². The lowest BCUT2D eigenvalue weighted by atomic mass is 9.92. The Balaban J connectivity index is 2.75. The van der Waals surface area contributed by atoms with Crippen LogP contribution in [-0.2, 0) is 0 Å². The van der Waals surface area contributed by atoms with Crippen LogP contribution in [0.15, 0.2) is 27.8 Å². The van der Waals surface area contributed by atoms with Gasteiger partial charge in [-0.3, -0.25) is 4.79 Å². The van der Waals surface area contributed by atoms with Crippen LogP contribution >= 0.6 is 15.9 Å². The van der Waals surface area contributed by atoms with Gasteiger partial charge in [0.05, 0.1) is 11.6 Å². The Hall–Kier alpha value is -1.76. The Morgan fingerprint density at radius 2 is 2.20 bits per heavy atom. The minimum atomic E-state index is -0.631. The number of nitrogens with one attached hydrogen (secondary N) is 1. The van der Waals surface area contributed by atoms with E-state index in [-0.39, 0.29) is 18.3 Å². The molecule has 0 aliphatic rings. The van der Waals surface area contributed by atoms with E-state index in [9.17, 15) is 4.79 Å². The van der Waals surface area contributed by atoms with Crippen molar-refractivity contribution in [2.75, 3.05) is 13.7 Å². The maximum absolute atomic E-state index is 12.0. The molecule has 4 N–H and O–H groups in total. The molecule has 1 amide bonds. The predicted molar refractivity (Wildman–Crippen MR) is 80.2 cm³/mol. The van der Waals surface area contributed by atoms with Crippen LogP contribution in [0.5, 0.6) is 5.75 Å². The third-order valence-corrected chi connectivity index (χ3v) is 3.53. The van der Waals surface area contributed by atoms with Crippen LogP contribution in [0.2, 0.25) is 0 Å². The Morgan fingerprint density at radius 1 is 1.55 bits per heavy atom. The molecular formula is C13H18BrN3O3. The number of hydrogen-bond donors (Lipinski definition) is 3. The summed E-state index contributed by atoms with van der Waals surface area (Å²) in [4.78, 5) is 12.0. The third kappa shape index (κ3) is 3.86. The van der Waals surface area contributed by atoms with Gasteiger partial charge in [0, 0.05) is 17.5 Å². The number of carbonyl (C=O) groups is 1. The number of hydrogen-bond acceptors (Lipinski definition) is 4. The number of carbonyl (C=O) groups excluding carboxylic acids is 1. The van der Waals surface area contributed by atoms with E-state index < -0.39 is 5.41 Å². The number of ether oxygens (including phenoxy) is 1. The van der Waals surface area contributed by atoms with Crippen molar-refractivity contribution >= 4 is 27.7 Å². The molecule has 0 unspecified atom stereocenters. The van der Waals surface area contributed by atoms with Gasteiger partial charge in [-0.25, -0.2) is 0 Å². The molecule has 0 fully saturated rings. The van der Waals surface area contributed by atoms with Crippen molar-refractivity contribution in [3.8, 4) is 5.75 Å². The molecule has 0 radical (unpaired) electrons. The van der Waals surface area contributed by atoms with Crippen molar-refractivity contribution in [1.82, 2.24) is 5.32 Å². The molecule has 0 aliphatic carbocycles.